The average molecular weight is 577 g/mol. The SMILES string of the molecule is CN=C(NCCCS(=O)(=O)Cc1ccccc1)NC1CCN(C(=O)C2CCCCC2)C1.I. The molecule has 0 radical (unpaired) electrons. The average Bonchev–Trinajstić information content (AvgIpc) is 3.25. The molecule has 0 spiro atoms. The Balaban J connectivity index is 0.00000363. The molecule has 1 saturated heterocycles. The van der Waals surface area contributed by atoms with Crippen molar-refractivity contribution in [2.24, 2.45) is 10.9 Å². The smallest absolute Gasteiger partial charge is 0.225 e. The lowest BCUT2D eigenvalue weighted by atomic mass is 9.88. The van der Waals surface area contributed by atoms with Crippen molar-refractivity contribution in [2.75, 3.05) is 32.4 Å². The Morgan fingerprint density at radius 2 is 1.84 bits per heavy atom. The van der Waals surface area contributed by atoms with E-state index in [1.807, 2.05) is 35.2 Å². The molecule has 1 unspecified atom stereocenters. The second-order valence-corrected chi connectivity index (χ2v) is 10.9. The van der Waals surface area contributed by atoms with E-state index in [4.69, 9.17) is 0 Å². The lowest BCUT2D eigenvalue weighted by Crippen LogP contribution is -2.46. The van der Waals surface area contributed by atoms with E-state index in [1.165, 1.54) is 19.3 Å². The molecule has 1 aromatic carbocycles. The Morgan fingerprint density at radius 1 is 1.12 bits per heavy atom. The van der Waals surface area contributed by atoms with Crippen LogP contribution in [0.1, 0.15) is 50.5 Å². The van der Waals surface area contributed by atoms with Crippen LogP contribution in [0.15, 0.2) is 35.3 Å². The lowest BCUT2D eigenvalue weighted by molar-refractivity contribution is -0.135. The molecule has 1 aliphatic carbocycles. The maximum atomic E-state index is 12.7. The second-order valence-electron chi connectivity index (χ2n) is 8.68. The minimum atomic E-state index is -3.13. The first-order valence-corrected chi connectivity index (χ1v) is 13.3. The van der Waals surface area contributed by atoms with Gasteiger partial charge in [0.05, 0.1) is 11.5 Å². The van der Waals surface area contributed by atoms with Gasteiger partial charge in [-0.15, -0.1) is 24.0 Å². The molecule has 1 aromatic rings. The third-order valence-electron chi connectivity index (χ3n) is 6.17. The number of aliphatic imine (C=N–C) groups is 1. The highest BCUT2D eigenvalue weighted by atomic mass is 127. The molecule has 1 aliphatic heterocycles. The first kappa shape index (κ1) is 26.9. The quantitative estimate of drug-likeness (QED) is 0.215. The van der Waals surface area contributed by atoms with Gasteiger partial charge in [-0.25, -0.2) is 8.42 Å². The monoisotopic (exact) mass is 576 g/mol. The summed E-state index contributed by atoms with van der Waals surface area (Å²) in [5.41, 5.74) is 0.821. The van der Waals surface area contributed by atoms with Crippen LogP contribution in [-0.4, -0.2) is 63.7 Å². The Labute approximate surface area is 209 Å². The summed E-state index contributed by atoms with van der Waals surface area (Å²) < 4.78 is 24.6. The largest absolute Gasteiger partial charge is 0.356 e. The fraction of sp³-hybridized carbons (Fsp3) is 0.652. The van der Waals surface area contributed by atoms with Crippen molar-refractivity contribution in [3.05, 3.63) is 35.9 Å². The zero-order valence-corrected chi connectivity index (χ0v) is 22.1. The normalized spacial score (nSPS) is 20.0. The molecule has 32 heavy (non-hydrogen) atoms. The predicted octanol–water partition coefficient (Wildman–Crippen LogP) is 2.96. The molecular weight excluding hydrogens is 539 g/mol. The second kappa shape index (κ2) is 13.4. The molecule has 1 atom stereocenters. The number of benzene rings is 1. The van der Waals surface area contributed by atoms with Crippen molar-refractivity contribution < 1.29 is 13.2 Å². The molecule has 2 fully saturated rings. The highest BCUT2D eigenvalue weighted by molar-refractivity contribution is 14.0. The zero-order valence-electron chi connectivity index (χ0n) is 19.0. The van der Waals surface area contributed by atoms with Crippen molar-refractivity contribution in [1.82, 2.24) is 15.5 Å². The van der Waals surface area contributed by atoms with Crippen LogP contribution in [0.3, 0.4) is 0 Å². The van der Waals surface area contributed by atoms with Crippen LogP contribution < -0.4 is 10.6 Å². The van der Waals surface area contributed by atoms with E-state index in [9.17, 15) is 13.2 Å². The number of sulfone groups is 1. The van der Waals surface area contributed by atoms with Gasteiger partial charge < -0.3 is 15.5 Å². The number of amides is 1. The van der Waals surface area contributed by atoms with Gasteiger partial charge in [0.1, 0.15) is 0 Å². The maximum absolute atomic E-state index is 12.7. The van der Waals surface area contributed by atoms with Gasteiger partial charge in [-0.05, 0) is 31.2 Å². The predicted molar refractivity (Wildman–Crippen MR) is 140 cm³/mol. The molecule has 1 heterocycles. The number of halogens is 1. The van der Waals surface area contributed by atoms with E-state index >= 15 is 0 Å². The topological polar surface area (TPSA) is 90.9 Å². The summed E-state index contributed by atoms with van der Waals surface area (Å²) in [6.45, 7) is 2.04. The Hall–Kier alpha value is -1.36. The zero-order chi connectivity index (χ0) is 22.1. The number of likely N-dealkylation sites (tertiary alicyclic amines) is 1. The number of nitrogens with one attached hydrogen (secondary N) is 2. The molecule has 1 saturated carbocycles. The van der Waals surface area contributed by atoms with Gasteiger partial charge >= 0.3 is 0 Å². The molecule has 3 rings (SSSR count). The van der Waals surface area contributed by atoms with Crippen molar-refractivity contribution >= 4 is 45.7 Å². The molecule has 180 valence electrons. The number of hydrogen-bond donors (Lipinski definition) is 2. The number of nitrogens with zero attached hydrogens (tertiary/aromatic N) is 2. The van der Waals surface area contributed by atoms with Gasteiger partial charge in [0.25, 0.3) is 0 Å². The molecule has 7 nitrogen and oxygen atoms in total. The minimum absolute atomic E-state index is 0. The van der Waals surface area contributed by atoms with E-state index < -0.39 is 9.84 Å². The third-order valence-corrected chi connectivity index (χ3v) is 7.86. The molecule has 0 bridgehead atoms. The van der Waals surface area contributed by atoms with Crippen LogP contribution in [-0.2, 0) is 20.4 Å². The van der Waals surface area contributed by atoms with Crippen LogP contribution >= 0.6 is 24.0 Å². The number of hydrogen-bond acceptors (Lipinski definition) is 4. The highest BCUT2D eigenvalue weighted by Gasteiger charge is 2.31. The summed E-state index contributed by atoms with van der Waals surface area (Å²) in [4.78, 5) is 19.0. The van der Waals surface area contributed by atoms with E-state index in [1.54, 1.807) is 7.05 Å². The Kier molecular flexibility index (Phi) is 11.2. The summed E-state index contributed by atoms with van der Waals surface area (Å²) in [6, 6.07) is 9.45. The van der Waals surface area contributed by atoms with Crippen LogP contribution in [0.2, 0.25) is 0 Å². The molecule has 0 aromatic heterocycles. The number of rotatable bonds is 8. The van der Waals surface area contributed by atoms with E-state index in [0.29, 0.717) is 31.4 Å². The van der Waals surface area contributed by atoms with Gasteiger partial charge in [0.15, 0.2) is 15.8 Å². The fourth-order valence-corrected chi connectivity index (χ4v) is 5.90. The molecule has 9 heteroatoms. The van der Waals surface area contributed by atoms with Crippen LogP contribution in [0.4, 0.5) is 0 Å². The van der Waals surface area contributed by atoms with E-state index in [0.717, 1.165) is 31.4 Å². The van der Waals surface area contributed by atoms with Crippen LogP contribution in [0.5, 0.6) is 0 Å². The summed E-state index contributed by atoms with van der Waals surface area (Å²) in [5.74, 6) is 1.41. The van der Waals surface area contributed by atoms with E-state index in [-0.39, 0.29) is 47.4 Å². The van der Waals surface area contributed by atoms with Crippen LogP contribution in [0, 0.1) is 5.92 Å². The maximum Gasteiger partial charge on any atom is 0.225 e. The van der Waals surface area contributed by atoms with Crippen molar-refractivity contribution in [2.45, 2.75) is 56.7 Å². The van der Waals surface area contributed by atoms with Gasteiger partial charge in [-0.3, -0.25) is 9.79 Å². The van der Waals surface area contributed by atoms with Gasteiger partial charge in [-0.1, -0.05) is 49.6 Å². The summed E-state index contributed by atoms with van der Waals surface area (Å²) in [5, 5.41) is 6.60. The highest BCUT2D eigenvalue weighted by Crippen LogP contribution is 2.26. The van der Waals surface area contributed by atoms with Gasteiger partial charge in [0, 0.05) is 38.6 Å². The number of carbonyl (C=O) groups excluding carboxylic acids is 1. The molecular formula is C23H37IN4O3S. The number of carbonyl (C=O) groups is 1. The summed E-state index contributed by atoms with van der Waals surface area (Å²) in [7, 11) is -1.42. The van der Waals surface area contributed by atoms with E-state index in [2.05, 4.69) is 15.6 Å². The van der Waals surface area contributed by atoms with Gasteiger partial charge in [0.2, 0.25) is 5.91 Å². The molecule has 2 N–H and O–H groups in total. The minimum Gasteiger partial charge on any atom is -0.356 e. The van der Waals surface area contributed by atoms with Gasteiger partial charge in [-0.2, -0.15) is 0 Å². The standard InChI is InChI=1S/C23H36N4O3S.HI/c1-24-23(25-14-8-16-31(29,30)18-19-9-4-2-5-10-19)26-21-13-15-27(17-21)22(28)20-11-6-3-7-12-20;/h2,4-5,9-10,20-21H,3,6-8,11-18H2,1H3,(H2,24,25,26);1H. The molecule has 1 amide bonds. The van der Waals surface area contributed by atoms with Crippen molar-refractivity contribution in [3.8, 4) is 0 Å². The fourth-order valence-electron chi connectivity index (χ4n) is 4.47. The summed E-state index contributed by atoms with van der Waals surface area (Å²) in [6.07, 6.45) is 7.09. The third kappa shape index (κ3) is 8.53. The first-order valence-electron chi connectivity index (χ1n) is 11.5. The van der Waals surface area contributed by atoms with Crippen molar-refractivity contribution in [3.63, 3.8) is 0 Å². The summed E-state index contributed by atoms with van der Waals surface area (Å²) >= 11 is 0. The van der Waals surface area contributed by atoms with Crippen LogP contribution in [0.25, 0.3) is 0 Å². The number of guanidine groups is 1. The Morgan fingerprint density at radius 3 is 2.53 bits per heavy atom. The van der Waals surface area contributed by atoms with Crippen molar-refractivity contribution in [1.29, 1.82) is 0 Å². The molecule has 2 aliphatic rings. The Bertz CT molecular complexity index is 842. The lowest BCUT2D eigenvalue weighted by Gasteiger charge is -2.26. The first-order chi connectivity index (χ1) is 15.0.